The highest BCUT2D eigenvalue weighted by molar-refractivity contribution is 6.03. The molecule has 0 fully saturated rings. The van der Waals surface area contributed by atoms with E-state index in [4.69, 9.17) is 9.84 Å². The standard InChI is InChI=1S/C27H26N2O6/c1-2-16-11-12-23(21(13-16)25(31)28-14-24(30)26(32)33)29-27(34)35-15-22-19-9-5-3-7-17(19)18-8-4-6-10-20(18)22/h3-13,22,24,30H,2,14-15H2,1H3,(H,28,31)(H,29,34)(H,32,33)/t24-/m0/s1. The number of fused-ring (bicyclic) bond motifs is 3. The molecule has 0 aliphatic heterocycles. The number of aliphatic hydroxyl groups is 1. The minimum Gasteiger partial charge on any atom is -0.479 e. The molecule has 0 heterocycles. The van der Waals surface area contributed by atoms with Gasteiger partial charge in [0.15, 0.2) is 6.10 Å². The van der Waals surface area contributed by atoms with Gasteiger partial charge in [0, 0.05) is 5.92 Å². The molecule has 2 amide bonds. The molecule has 4 N–H and O–H groups in total. The molecule has 1 aliphatic rings. The lowest BCUT2D eigenvalue weighted by molar-refractivity contribution is -0.146. The van der Waals surface area contributed by atoms with Crippen molar-refractivity contribution in [1.82, 2.24) is 5.32 Å². The maximum atomic E-state index is 12.7. The molecule has 0 bridgehead atoms. The number of carboxylic acids is 1. The SMILES string of the molecule is CCc1ccc(NC(=O)OCC2c3ccccc3-c3ccccc32)c(C(=O)NC[C@H](O)C(=O)O)c1. The van der Waals surface area contributed by atoms with Crippen molar-refractivity contribution in [1.29, 1.82) is 0 Å². The summed E-state index contributed by atoms with van der Waals surface area (Å²) >= 11 is 0. The van der Waals surface area contributed by atoms with Gasteiger partial charge < -0.3 is 20.3 Å². The summed E-state index contributed by atoms with van der Waals surface area (Å²) in [5, 5.41) is 23.3. The number of hydrogen-bond acceptors (Lipinski definition) is 5. The Hall–Kier alpha value is -4.17. The fourth-order valence-electron chi connectivity index (χ4n) is 4.22. The fourth-order valence-corrected chi connectivity index (χ4v) is 4.22. The van der Waals surface area contributed by atoms with Crippen molar-refractivity contribution >= 4 is 23.7 Å². The Bertz CT molecular complexity index is 1230. The van der Waals surface area contributed by atoms with Crippen LogP contribution in [0.3, 0.4) is 0 Å². The fraction of sp³-hybridized carbons (Fsp3) is 0.222. The van der Waals surface area contributed by atoms with Crippen LogP contribution in [0.25, 0.3) is 11.1 Å². The van der Waals surface area contributed by atoms with Crippen molar-refractivity contribution < 1.29 is 29.3 Å². The monoisotopic (exact) mass is 474 g/mol. The van der Waals surface area contributed by atoms with E-state index < -0.39 is 30.6 Å². The maximum absolute atomic E-state index is 12.7. The number of hydrogen-bond donors (Lipinski definition) is 4. The number of nitrogens with one attached hydrogen (secondary N) is 2. The molecule has 180 valence electrons. The molecule has 0 saturated heterocycles. The first-order valence-corrected chi connectivity index (χ1v) is 11.3. The second kappa shape index (κ2) is 10.4. The van der Waals surface area contributed by atoms with Gasteiger partial charge in [-0.05, 0) is 46.4 Å². The van der Waals surface area contributed by atoms with Crippen molar-refractivity contribution in [3.8, 4) is 11.1 Å². The van der Waals surface area contributed by atoms with Crippen LogP contribution in [-0.2, 0) is 16.0 Å². The van der Waals surface area contributed by atoms with E-state index in [1.807, 2.05) is 43.3 Å². The maximum Gasteiger partial charge on any atom is 0.411 e. The first kappa shape index (κ1) is 24.0. The summed E-state index contributed by atoms with van der Waals surface area (Å²) in [6.45, 7) is 1.58. The van der Waals surface area contributed by atoms with E-state index in [-0.39, 0.29) is 23.8 Å². The van der Waals surface area contributed by atoms with Gasteiger partial charge in [-0.25, -0.2) is 9.59 Å². The zero-order valence-electron chi connectivity index (χ0n) is 19.2. The van der Waals surface area contributed by atoms with E-state index >= 15 is 0 Å². The highest BCUT2D eigenvalue weighted by Crippen LogP contribution is 2.44. The van der Waals surface area contributed by atoms with Crippen LogP contribution in [0.15, 0.2) is 66.7 Å². The Labute approximate surface area is 202 Å². The molecule has 1 aliphatic carbocycles. The van der Waals surface area contributed by atoms with Crippen LogP contribution in [-0.4, -0.2) is 47.4 Å². The highest BCUT2D eigenvalue weighted by Gasteiger charge is 2.29. The number of carbonyl (C=O) groups is 3. The highest BCUT2D eigenvalue weighted by atomic mass is 16.5. The Morgan fingerprint density at radius 3 is 2.20 bits per heavy atom. The van der Waals surface area contributed by atoms with E-state index in [9.17, 15) is 19.5 Å². The molecule has 0 unspecified atom stereocenters. The van der Waals surface area contributed by atoms with Crippen LogP contribution >= 0.6 is 0 Å². The molecule has 0 saturated carbocycles. The predicted molar refractivity (Wildman–Crippen MR) is 130 cm³/mol. The molecule has 35 heavy (non-hydrogen) atoms. The molecule has 8 nitrogen and oxygen atoms in total. The molecule has 3 aromatic carbocycles. The van der Waals surface area contributed by atoms with Gasteiger partial charge in [0.2, 0.25) is 0 Å². The third-order valence-corrected chi connectivity index (χ3v) is 6.06. The summed E-state index contributed by atoms with van der Waals surface area (Å²) in [4.78, 5) is 36.2. The second-order valence-electron chi connectivity index (χ2n) is 8.25. The van der Waals surface area contributed by atoms with Crippen molar-refractivity contribution in [2.24, 2.45) is 0 Å². The van der Waals surface area contributed by atoms with Crippen LogP contribution in [0.5, 0.6) is 0 Å². The van der Waals surface area contributed by atoms with Gasteiger partial charge in [0.25, 0.3) is 5.91 Å². The number of rotatable bonds is 8. The largest absolute Gasteiger partial charge is 0.479 e. The van der Waals surface area contributed by atoms with Crippen LogP contribution in [0.1, 0.15) is 39.9 Å². The summed E-state index contributed by atoms with van der Waals surface area (Å²) in [6.07, 6.45) is -1.79. The number of benzene rings is 3. The molecule has 8 heteroatoms. The minimum absolute atomic E-state index is 0.101. The van der Waals surface area contributed by atoms with E-state index in [0.717, 1.165) is 27.8 Å². The lowest BCUT2D eigenvalue weighted by Crippen LogP contribution is -2.36. The summed E-state index contributed by atoms with van der Waals surface area (Å²) in [6, 6.07) is 21.0. The molecule has 0 radical (unpaired) electrons. The molecule has 0 aromatic heterocycles. The number of carboxylic acid groups (broad SMARTS) is 1. The zero-order chi connectivity index (χ0) is 24.9. The summed E-state index contributed by atoms with van der Waals surface area (Å²) in [7, 11) is 0. The van der Waals surface area contributed by atoms with Crippen molar-refractivity contribution in [3.05, 3.63) is 89.0 Å². The summed E-state index contributed by atoms with van der Waals surface area (Å²) in [5.74, 6) is -2.16. The van der Waals surface area contributed by atoms with Crippen molar-refractivity contribution in [2.75, 3.05) is 18.5 Å². The van der Waals surface area contributed by atoms with E-state index in [2.05, 4.69) is 22.8 Å². The molecule has 3 aromatic rings. The summed E-state index contributed by atoms with van der Waals surface area (Å²) in [5.41, 5.74) is 5.64. The molecule has 4 rings (SSSR count). The molecular weight excluding hydrogens is 448 g/mol. The van der Waals surface area contributed by atoms with Gasteiger partial charge in [-0.2, -0.15) is 0 Å². The minimum atomic E-state index is -1.73. The average molecular weight is 475 g/mol. The van der Waals surface area contributed by atoms with Crippen LogP contribution in [0.4, 0.5) is 10.5 Å². The number of aryl methyl sites for hydroxylation is 1. The van der Waals surface area contributed by atoms with E-state index in [1.165, 1.54) is 0 Å². The van der Waals surface area contributed by atoms with Gasteiger partial charge in [0.05, 0.1) is 17.8 Å². The lowest BCUT2D eigenvalue weighted by atomic mass is 9.98. The molecule has 1 atom stereocenters. The van der Waals surface area contributed by atoms with Gasteiger partial charge in [-0.1, -0.05) is 61.5 Å². The number of carbonyl (C=O) groups excluding carboxylic acids is 2. The normalized spacial score (nSPS) is 12.9. The Morgan fingerprint density at radius 2 is 1.60 bits per heavy atom. The van der Waals surface area contributed by atoms with E-state index in [0.29, 0.717) is 6.42 Å². The quantitative estimate of drug-likeness (QED) is 0.394. The smallest absolute Gasteiger partial charge is 0.411 e. The molecular formula is C27H26N2O6. The number of aliphatic hydroxyl groups excluding tert-OH is 1. The van der Waals surface area contributed by atoms with Crippen LogP contribution in [0.2, 0.25) is 0 Å². The van der Waals surface area contributed by atoms with Crippen molar-refractivity contribution in [2.45, 2.75) is 25.4 Å². The topological polar surface area (TPSA) is 125 Å². The summed E-state index contributed by atoms with van der Waals surface area (Å²) < 4.78 is 5.57. The van der Waals surface area contributed by atoms with Crippen LogP contribution < -0.4 is 10.6 Å². The van der Waals surface area contributed by atoms with Gasteiger partial charge in [0.1, 0.15) is 6.61 Å². The Kier molecular flexibility index (Phi) is 7.12. The third kappa shape index (κ3) is 5.17. The number of aliphatic carboxylic acids is 1. The predicted octanol–water partition coefficient (Wildman–Crippen LogP) is 3.79. The van der Waals surface area contributed by atoms with Crippen molar-refractivity contribution in [3.63, 3.8) is 0 Å². The average Bonchev–Trinajstić information content (AvgIpc) is 3.19. The zero-order valence-corrected chi connectivity index (χ0v) is 19.2. The molecule has 0 spiro atoms. The van der Waals surface area contributed by atoms with Gasteiger partial charge in [-0.15, -0.1) is 0 Å². The number of amides is 2. The van der Waals surface area contributed by atoms with Gasteiger partial charge >= 0.3 is 12.1 Å². The number of ether oxygens (including phenoxy) is 1. The number of anilines is 1. The van der Waals surface area contributed by atoms with Gasteiger partial charge in [-0.3, -0.25) is 10.1 Å². The first-order chi connectivity index (χ1) is 16.9. The Morgan fingerprint density at radius 1 is 0.971 bits per heavy atom. The first-order valence-electron chi connectivity index (χ1n) is 11.3. The second-order valence-corrected chi connectivity index (χ2v) is 8.25. The van der Waals surface area contributed by atoms with E-state index in [1.54, 1.807) is 18.2 Å². The Balaban J connectivity index is 1.47. The third-order valence-electron chi connectivity index (χ3n) is 6.06. The lowest BCUT2D eigenvalue weighted by Gasteiger charge is -2.16. The van der Waals surface area contributed by atoms with Crippen LogP contribution in [0, 0.1) is 0 Å².